The molecule has 0 heterocycles. The number of Topliss-reactive ketones (excluding diaryl/α,β-unsaturated/α-hetero) is 2. The number of hydrogen-bond donors (Lipinski definition) is 0. The van der Waals surface area contributed by atoms with E-state index < -0.39 is 0 Å². The second-order valence-electron chi connectivity index (χ2n) is 3.98. The first kappa shape index (κ1) is 8.67. The maximum Gasteiger partial charge on any atom is 0.158 e. The molecule has 2 heteroatoms. The number of carbonyl (C=O) groups excluding carboxylic acids is 2. The smallest absolute Gasteiger partial charge is 0.158 e. The lowest BCUT2D eigenvalue weighted by Crippen LogP contribution is -2.28. The Morgan fingerprint density at radius 3 is 2.69 bits per heavy atom. The Kier molecular flexibility index (Phi) is 2.06. The van der Waals surface area contributed by atoms with Crippen molar-refractivity contribution in [2.24, 2.45) is 5.92 Å². The van der Waals surface area contributed by atoms with Crippen molar-refractivity contribution in [3.63, 3.8) is 0 Å². The number of ketones is 2. The van der Waals surface area contributed by atoms with Crippen molar-refractivity contribution in [3.8, 4) is 0 Å². The van der Waals surface area contributed by atoms with Gasteiger partial charge in [-0.3, -0.25) is 9.59 Å². The molecule has 0 N–H and O–H groups in total. The van der Waals surface area contributed by atoms with Gasteiger partial charge in [-0.2, -0.15) is 0 Å². The van der Waals surface area contributed by atoms with Gasteiger partial charge in [0.15, 0.2) is 5.78 Å². The van der Waals surface area contributed by atoms with Gasteiger partial charge in [-0.1, -0.05) is 5.57 Å². The quantitative estimate of drug-likeness (QED) is 0.568. The zero-order valence-electron chi connectivity index (χ0n) is 7.93. The lowest BCUT2D eigenvalue weighted by molar-refractivity contribution is -0.124. The minimum Gasteiger partial charge on any atom is -0.299 e. The van der Waals surface area contributed by atoms with Crippen LogP contribution in [0.4, 0.5) is 0 Å². The fraction of sp³-hybridized carbons (Fsp3) is 0.636. The average Bonchev–Trinajstić information content (AvgIpc) is 2.12. The van der Waals surface area contributed by atoms with Crippen LogP contribution in [0, 0.1) is 5.92 Å². The summed E-state index contributed by atoms with van der Waals surface area (Å²) in [5.41, 5.74) is 2.02. The summed E-state index contributed by atoms with van der Waals surface area (Å²) in [6, 6.07) is 0. The van der Waals surface area contributed by atoms with Gasteiger partial charge in [0.1, 0.15) is 5.78 Å². The third-order valence-corrected chi connectivity index (χ3v) is 3.24. The molecule has 0 aromatic rings. The summed E-state index contributed by atoms with van der Waals surface area (Å²) in [5, 5.41) is 0. The number of rotatable bonds is 0. The third kappa shape index (κ3) is 1.34. The predicted octanol–water partition coefficient (Wildman–Crippen LogP) is 2.04. The fourth-order valence-corrected chi connectivity index (χ4v) is 2.42. The van der Waals surface area contributed by atoms with Gasteiger partial charge in [0.2, 0.25) is 0 Å². The van der Waals surface area contributed by atoms with Crippen molar-refractivity contribution >= 4 is 11.6 Å². The molecule has 0 aromatic heterocycles. The second kappa shape index (κ2) is 3.09. The third-order valence-electron chi connectivity index (χ3n) is 3.24. The Labute approximate surface area is 78.0 Å². The van der Waals surface area contributed by atoms with Crippen LogP contribution in [0.1, 0.15) is 39.0 Å². The maximum atomic E-state index is 11.5. The molecule has 1 saturated carbocycles. The normalized spacial score (nSPS) is 29.2. The summed E-state index contributed by atoms with van der Waals surface area (Å²) >= 11 is 0. The highest BCUT2D eigenvalue weighted by Crippen LogP contribution is 2.36. The standard InChI is InChI=1S/C11H14O2/c1-7-8-3-2-4-11(13)9(8)5-6-10(7)12/h9H,2-6H2,1H3/t9-/m1/s1. The highest BCUT2D eigenvalue weighted by atomic mass is 16.1. The molecule has 2 aliphatic carbocycles. The van der Waals surface area contributed by atoms with E-state index in [0.717, 1.165) is 36.8 Å². The van der Waals surface area contributed by atoms with Crippen LogP contribution in [0.25, 0.3) is 0 Å². The van der Waals surface area contributed by atoms with Gasteiger partial charge < -0.3 is 0 Å². The van der Waals surface area contributed by atoms with Gasteiger partial charge in [-0.15, -0.1) is 0 Å². The summed E-state index contributed by atoms with van der Waals surface area (Å²) in [4.78, 5) is 22.9. The second-order valence-corrected chi connectivity index (χ2v) is 3.98. The van der Waals surface area contributed by atoms with Gasteiger partial charge in [0.25, 0.3) is 0 Å². The lowest BCUT2D eigenvalue weighted by Gasteiger charge is -2.29. The van der Waals surface area contributed by atoms with Crippen LogP contribution in [-0.2, 0) is 9.59 Å². The van der Waals surface area contributed by atoms with Crippen molar-refractivity contribution in [1.29, 1.82) is 0 Å². The molecule has 70 valence electrons. The average molecular weight is 178 g/mol. The molecular formula is C11H14O2. The van der Waals surface area contributed by atoms with E-state index in [1.54, 1.807) is 0 Å². The maximum absolute atomic E-state index is 11.5. The summed E-state index contributed by atoms with van der Waals surface area (Å²) in [6.45, 7) is 1.88. The number of carbonyl (C=O) groups is 2. The molecular weight excluding hydrogens is 164 g/mol. The Balaban J connectivity index is 2.37. The molecule has 0 bridgehead atoms. The molecule has 0 unspecified atom stereocenters. The molecule has 0 saturated heterocycles. The Morgan fingerprint density at radius 2 is 1.92 bits per heavy atom. The van der Waals surface area contributed by atoms with Crippen molar-refractivity contribution in [2.75, 3.05) is 0 Å². The molecule has 2 rings (SSSR count). The minimum atomic E-state index is 0.103. The van der Waals surface area contributed by atoms with Gasteiger partial charge >= 0.3 is 0 Å². The Morgan fingerprint density at radius 1 is 1.15 bits per heavy atom. The Hall–Kier alpha value is -0.920. The van der Waals surface area contributed by atoms with E-state index in [4.69, 9.17) is 0 Å². The lowest BCUT2D eigenvalue weighted by atomic mass is 9.74. The van der Waals surface area contributed by atoms with Gasteiger partial charge in [-0.05, 0) is 31.8 Å². The van der Waals surface area contributed by atoms with Gasteiger partial charge in [-0.25, -0.2) is 0 Å². The molecule has 2 aliphatic rings. The number of hydrogen-bond acceptors (Lipinski definition) is 2. The monoisotopic (exact) mass is 178 g/mol. The van der Waals surface area contributed by atoms with E-state index in [0.29, 0.717) is 12.2 Å². The zero-order valence-corrected chi connectivity index (χ0v) is 7.93. The van der Waals surface area contributed by atoms with E-state index in [1.165, 1.54) is 0 Å². The summed E-state index contributed by atoms with van der Waals surface area (Å²) < 4.78 is 0. The van der Waals surface area contributed by atoms with Crippen LogP contribution >= 0.6 is 0 Å². The zero-order chi connectivity index (χ0) is 9.42. The van der Waals surface area contributed by atoms with Crippen molar-refractivity contribution in [1.82, 2.24) is 0 Å². The van der Waals surface area contributed by atoms with Crippen LogP contribution in [0.5, 0.6) is 0 Å². The van der Waals surface area contributed by atoms with Crippen LogP contribution < -0.4 is 0 Å². The highest BCUT2D eigenvalue weighted by Gasteiger charge is 2.32. The van der Waals surface area contributed by atoms with Crippen LogP contribution in [0.3, 0.4) is 0 Å². The highest BCUT2D eigenvalue weighted by molar-refractivity contribution is 5.99. The molecule has 2 nitrogen and oxygen atoms in total. The summed E-state index contributed by atoms with van der Waals surface area (Å²) in [7, 11) is 0. The molecule has 0 spiro atoms. The first-order valence-electron chi connectivity index (χ1n) is 4.95. The molecule has 1 atom stereocenters. The molecule has 0 radical (unpaired) electrons. The molecule has 0 amide bonds. The van der Waals surface area contributed by atoms with Crippen LogP contribution in [0.15, 0.2) is 11.1 Å². The van der Waals surface area contributed by atoms with Crippen molar-refractivity contribution < 1.29 is 9.59 Å². The first-order chi connectivity index (χ1) is 6.20. The molecule has 13 heavy (non-hydrogen) atoms. The van der Waals surface area contributed by atoms with E-state index in [9.17, 15) is 9.59 Å². The van der Waals surface area contributed by atoms with E-state index in [-0.39, 0.29) is 11.7 Å². The summed E-state index contributed by atoms with van der Waals surface area (Å²) in [6.07, 6.45) is 3.97. The van der Waals surface area contributed by atoms with E-state index >= 15 is 0 Å². The van der Waals surface area contributed by atoms with Gasteiger partial charge in [0, 0.05) is 18.8 Å². The summed E-state index contributed by atoms with van der Waals surface area (Å²) in [5.74, 6) is 0.709. The van der Waals surface area contributed by atoms with Crippen molar-refractivity contribution in [2.45, 2.75) is 39.0 Å². The van der Waals surface area contributed by atoms with E-state index in [1.807, 2.05) is 6.92 Å². The van der Waals surface area contributed by atoms with Crippen LogP contribution in [-0.4, -0.2) is 11.6 Å². The van der Waals surface area contributed by atoms with Crippen LogP contribution in [0.2, 0.25) is 0 Å². The van der Waals surface area contributed by atoms with Crippen molar-refractivity contribution in [3.05, 3.63) is 11.1 Å². The van der Waals surface area contributed by atoms with Gasteiger partial charge in [0.05, 0.1) is 0 Å². The number of fused-ring (bicyclic) bond motifs is 1. The van der Waals surface area contributed by atoms with E-state index in [2.05, 4.69) is 0 Å². The minimum absolute atomic E-state index is 0.103. The molecule has 0 aromatic carbocycles. The SMILES string of the molecule is CC1=C2CCCC(=O)[C@@H]2CCC1=O. The predicted molar refractivity (Wildman–Crippen MR) is 49.3 cm³/mol. The molecule has 1 fully saturated rings. The topological polar surface area (TPSA) is 34.1 Å². The first-order valence-corrected chi connectivity index (χ1v) is 4.95. The largest absolute Gasteiger partial charge is 0.299 e. The fourth-order valence-electron chi connectivity index (χ4n) is 2.42. The number of allylic oxidation sites excluding steroid dienone is 2. The Bertz CT molecular complexity index is 299. The molecule has 0 aliphatic heterocycles.